The highest BCUT2D eigenvalue weighted by atomic mass is 32.1. The van der Waals surface area contributed by atoms with E-state index < -0.39 is 12.0 Å². The van der Waals surface area contributed by atoms with Gasteiger partial charge in [0.15, 0.2) is 10.7 Å². The molecule has 0 aliphatic carbocycles. The molecule has 0 bridgehead atoms. The number of aromatic nitrogens is 1. The molecule has 8 nitrogen and oxygen atoms in total. The predicted molar refractivity (Wildman–Crippen MR) is 153 cm³/mol. The van der Waals surface area contributed by atoms with Crippen LogP contribution in [0.2, 0.25) is 0 Å². The average molecular weight is 546 g/mol. The van der Waals surface area contributed by atoms with E-state index in [-0.39, 0.29) is 12.2 Å². The van der Waals surface area contributed by atoms with Crippen LogP contribution in [-0.4, -0.2) is 37.3 Å². The number of allylic oxidation sites excluding steroid dienone is 1. The first kappa shape index (κ1) is 26.5. The van der Waals surface area contributed by atoms with E-state index in [9.17, 15) is 9.59 Å². The molecule has 4 aromatic rings. The monoisotopic (exact) mass is 545 g/mol. The van der Waals surface area contributed by atoms with Gasteiger partial charge in [-0.2, -0.15) is 0 Å². The summed E-state index contributed by atoms with van der Waals surface area (Å²) >= 11 is 1.26. The van der Waals surface area contributed by atoms with E-state index >= 15 is 0 Å². The number of hydrogen-bond acceptors (Lipinski definition) is 8. The molecule has 202 valence electrons. The number of esters is 1. The Hall–Kier alpha value is -4.11. The van der Waals surface area contributed by atoms with Gasteiger partial charge < -0.3 is 18.8 Å². The Labute approximate surface area is 230 Å². The fourth-order valence-electron chi connectivity index (χ4n) is 5.05. The van der Waals surface area contributed by atoms with E-state index in [1.54, 1.807) is 31.6 Å². The summed E-state index contributed by atoms with van der Waals surface area (Å²) in [6.45, 7) is 9.49. The molecule has 0 N–H and O–H groups in total. The molecule has 0 radical (unpaired) electrons. The van der Waals surface area contributed by atoms with E-state index in [1.807, 2.05) is 48.5 Å². The Morgan fingerprint density at radius 2 is 1.90 bits per heavy atom. The van der Waals surface area contributed by atoms with Gasteiger partial charge in [0.2, 0.25) is 0 Å². The first-order valence-electron chi connectivity index (χ1n) is 13.0. The fraction of sp³-hybridized carbons (Fsp3) is 0.300. The van der Waals surface area contributed by atoms with Crippen molar-refractivity contribution in [3.63, 3.8) is 0 Å². The molecular weight excluding hydrogens is 514 g/mol. The van der Waals surface area contributed by atoms with Gasteiger partial charge in [-0.3, -0.25) is 9.36 Å². The van der Waals surface area contributed by atoms with E-state index in [1.165, 1.54) is 11.3 Å². The van der Waals surface area contributed by atoms with Gasteiger partial charge in [0, 0.05) is 30.8 Å². The van der Waals surface area contributed by atoms with Crippen molar-refractivity contribution in [1.29, 1.82) is 0 Å². The summed E-state index contributed by atoms with van der Waals surface area (Å²) in [6, 6.07) is 14.6. The van der Waals surface area contributed by atoms with Crippen molar-refractivity contribution in [2.75, 3.05) is 31.7 Å². The average Bonchev–Trinajstić information content (AvgIpc) is 3.52. The molecule has 0 saturated carbocycles. The lowest BCUT2D eigenvalue weighted by Crippen LogP contribution is -2.40. The van der Waals surface area contributed by atoms with E-state index in [4.69, 9.17) is 13.9 Å². The molecule has 0 saturated heterocycles. The van der Waals surface area contributed by atoms with Crippen molar-refractivity contribution < 1.29 is 18.7 Å². The van der Waals surface area contributed by atoms with Gasteiger partial charge in [-0.15, -0.1) is 0 Å². The van der Waals surface area contributed by atoms with Crippen molar-refractivity contribution in [2.45, 2.75) is 33.7 Å². The Balaban J connectivity index is 1.77. The molecule has 1 aliphatic heterocycles. The first-order valence-corrected chi connectivity index (χ1v) is 13.8. The van der Waals surface area contributed by atoms with Crippen LogP contribution in [0, 0.1) is 0 Å². The smallest absolute Gasteiger partial charge is 0.338 e. The minimum absolute atomic E-state index is 0.201. The molecule has 3 heterocycles. The molecule has 5 rings (SSSR count). The third kappa shape index (κ3) is 4.67. The number of carbonyl (C=O) groups excluding carboxylic acids is 1. The van der Waals surface area contributed by atoms with E-state index in [0.717, 1.165) is 29.7 Å². The zero-order chi connectivity index (χ0) is 27.7. The van der Waals surface area contributed by atoms with E-state index in [0.29, 0.717) is 37.7 Å². The van der Waals surface area contributed by atoms with Crippen molar-refractivity contribution in [3.05, 3.63) is 90.8 Å². The number of rotatable bonds is 8. The Morgan fingerprint density at radius 1 is 1.13 bits per heavy atom. The second kappa shape index (κ2) is 10.9. The molecule has 0 amide bonds. The van der Waals surface area contributed by atoms with Crippen molar-refractivity contribution >= 4 is 40.0 Å². The minimum atomic E-state index is -0.786. The molecule has 1 atom stereocenters. The molecule has 39 heavy (non-hydrogen) atoms. The number of hydrogen-bond donors (Lipinski definition) is 0. The number of benzene rings is 2. The zero-order valence-electron chi connectivity index (χ0n) is 22.7. The SMILES string of the molecule is CCOC(=O)C1=C(C)N=c2s/c(=C\c3ccc(N(CC)CC)o3)c(=O)n2C1c1c(OC)ccc2ccccc12. The number of carbonyl (C=O) groups is 1. The maximum atomic E-state index is 14.0. The summed E-state index contributed by atoms with van der Waals surface area (Å²) in [7, 11) is 1.59. The Kier molecular flexibility index (Phi) is 7.43. The number of fused-ring (bicyclic) bond motifs is 2. The molecule has 2 aromatic carbocycles. The van der Waals surface area contributed by atoms with Crippen LogP contribution in [0.5, 0.6) is 5.75 Å². The van der Waals surface area contributed by atoms with Gasteiger partial charge in [-0.25, -0.2) is 9.79 Å². The topological polar surface area (TPSA) is 86.3 Å². The predicted octanol–water partition coefficient (Wildman–Crippen LogP) is 4.40. The largest absolute Gasteiger partial charge is 0.496 e. The normalized spacial score (nSPS) is 15.3. The molecule has 1 unspecified atom stereocenters. The number of ether oxygens (including phenoxy) is 2. The molecular formula is C30H31N3O5S. The number of furan rings is 1. The summed E-state index contributed by atoms with van der Waals surface area (Å²) in [6.07, 6.45) is 1.73. The maximum absolute atomic E-state index is 14.0. The Morgan fingerprint density at radius 3 is 2.62 bits per heavy atom. The summed E-state index contributed by atoms with van der Waals surface area (Å²) in [4.78, 5) is 34.7. The van der Waals surface area contributed by atoms with Crippen LogP contribution in [0.1, 0.15) is 45.1 Å². The molecule has 0 spiro atoms. The van der Waals surface area contributed by atoms with Crippen molar-refractivity contribution in [1.82, 2.24) is 4.57 Å². The van der Waals surface area contributed by atoms with Crippen LogP contribution in [0.25, 0.3) is 16.8 Å². The van der Waals surface area contributed by atoms with E-state index in [2.05, 4.69) is 23.7 Å². The van der Waals surface area contributed by atoms with Crippen molar-refractivity contribution in [2.24, 2.45) is 4.99 Å². The fourth-order valence-corrected chi connectivity index (χ4v) is 6.08. The standard InChI is InChI=1S/C30H31N3O5S/c1-6-32(7-2)24-16-14-20(38-24)17-23-28(34)33-27(25(29(35)37-8-3)18(4)31-30(33)39-23)26-21-12-10-9-11-19(21)13-15-22(26)36-5/h9-17,27H,6-8H2,1-5H3/b23-17-. The number of methoxy groups -OCH3 is 1. The number of anilines is 1. The minimum Gasteiger partial charge on any atom is -0.496 e. The highest BCUT2D eigenvalue weighted by Crippen LogP contribution is 2.40. The van der Waals surface area contributed by atoms with Gasteiger partial charge in [0.25, 0.3) is 5.56 Å². The first-order chi connectivity index (χ1) is 18.9. The van der Waals surface area contributed by atoms with Crippen LogP contribution in [-0.2, 0) is 9.53 Å². The van der Waals surface area contributed by atoms with Crippen LogP contribution in [0.4, 0.5) is 5.88 Å². The van der Waals surface area contributed by atoms with Gasteiger partial charge in [0.05, 0.1) is 29.5 Å². The maximum Gasteiger partial charge on any atom is 0.338 e. The zero-order valence-corrected chi connectivity index (χ0v) is 23.5. The third-order valence-corrected chi connectivity index (χ3v) is 7.89. The van der Waals surface area contributed by atoms with Crippen LogP contribution in [0.3, 0.4) is 0 Å². The van der Waals surface area contributed by atoms with Gasteiger partial charge >= 0.3 is 5.97 Å². The summed E-state index contributed by atoms with van der Waals surface area (Å²) in [5, 5.41) is 1.84. The number of thiazole rings is 1. The summed E-state index contributed by atoms with van der Waals surface area (Å²) in [5.74, 6) is 1.38. The van der Waals surface area contributed by atoms with Crippen LogP contribution >= 0.6 is 11.3 Å². The highest BCUT2D eigenvalue weighted by molar-refractivity contribution is 7.07. The Bertz CT molecular complexity index is 1760. The molecule has 9 heteroatoms. The van der Waals surface area contributed by atoms with Crippen LogP contribution < -0.4 is 24.5 Å². The second-order valence-corrected chi connectivity index (χ2v) is 10.1. The summed E-state index contributed by atoms with van der Waals surface area (Å²) < 4.78 is 19.3. The summed E-state index contributed by atoms with van der Waals surface area (Å²) in [5.41, 5.74) is 1.26. The van der Waals surface area contributed by atoms with Gasteiger partial charge in [-0.1, -0.05) is 41.7 Å². The molecule has 0 fully saturated rings. The lowest BCUT2D eigenvalue weighted by molar-refractivity contribution is -0.139. The highest BCUT2D eigenvalue weighted by Gasteiger charge is 2.36. The van der Waals surface area contributed by atoms with Gasteiger partial charge in [0.1, 0.15) is 17.6 Å². The van der Waals surface area contributed by atoms with Crippen molar-refractivity contribution in [3.8, 4) is 5.75 Å². The second-order valence-electron chi connectivity index (χ2n) is 9.05. The quantitative estimate of drug-likeness (QED) is 0.305. The van der Waals surface area contributed by atoms with Gasteiger partial charge in [-0.05, 0) is 50.6 Å². The lowest BCUT2D eigenvalue weighted by atomic mass is 9.90. The lowest BCUT2D eigenvalue weighted by Gasteiger charge is -2.27. The van der Waals surface area contributed by atoms with Crippen LogP contribution in [0.15, 0.2) is 74.0 Å². The number of nitrogens with zero attached hydrogens (tertiary/aromatic N) is 3. The third-order valence-electron chi connectivity index (χ3n) is 6.90. The molecule has 1 aliphatic rings. The molecule has 2 aromatic heterocycles.